The molecule has 3 amide bonds. The largest absolute Gasteiger partial charge is 0.495 e. The number of nitrogens with one attached hydrogen (secondary N) is 4. The Hall–Kier alpha value is -5.11. The molecular weight excluding hydrogens is 468 g/mol. The normalized spacial score (nSPS) is 10.2. The van der Waals surface area contributed by atoms with Gasteiger partial charge in [-0.25, -0.2) is 0 Å². The van der Waals surface area contributed by atoms with Crippen LogP contribution in [0.2, 0.25) is 0 Å². The van der Waals surface area contributed by atoms with E-state index < -0.39 is 0 Å². The number of anilines is 4. The summed E-state index contributed by atoms with van der Waals surface area (Å²) >= 11 is 0. The van der Waals surface area contributed by atoms with Crippen LogP contribution < -0.4 is 26.0 Å². The van der Waals surface area contributed by atoms with Gasteiger partial charge in [0.1, 0.15) is 5.75 Å². The summed E-state index contributed by atoms with van der Waals surface area (Å²) in [5, 5.41) is 11.5. The summed E-state index contributed by atoms with van der Waals surface area (Å²) in [6.07, 6.45) is 0. The molecule has 8 heteroatoms. The quantitative estimate of drug-likeness (QED) is 0.254. The van der Waals surface area contributed by atoms with E-state index in [2.05, 4.69) is 21.3 Å². The molecule has 0 saturated heterocycles. The highest BCUT2D eigenvalue weighted by molar-refractivity contribution is 6.08. The number of carbonyl (C=O) groups excluding carboxylic acids is 3. The van der Waals surface area contributed by atoms with Crippen molar-refractivity contribution in [2.45, 2.75) is 0 Å². The van der Waals surface area contributed by atoms with Crippen LogP contribution in [0.15, 0.2) is 103 Å². The van der Waals surface area contributed by atoms with Gasteiger partial charge in [-0.15, -0.1) is 0 Å². The molecule has 0 radical (unpaired) electrons. The van der Waals surface area contributed by atoms with Crippen LogP contribution in [-0.4, -0.2) is 31.4 Å². The summed E-state index contributed by atoms with van der Waals surface area (Å²) in [6, 6.07) is 29.8. The Kier molecular flexibility index (Phi) is 8.13. The van der Waals surface area contributed by atoms with Gasteiger partial charge in [-0.1, -0.05) is 42.5 Å². The van der Waals surface area contributed by atoms with E-state index in [-0.39, 0.29) is 24.3 Å². The highest BCUT2D eigenvalue weighted by Gasteiger charge is 2.13. The van der Waals surface area contributed by atoms with Gasteiger partial charge in [-0.2, -0.15) is 0 Å². The minimum Gasteiger partial charge on any atom is -0.495 e. The maximum absolute atomic E-state index is 12.7. The molecule has 0 atom stereocenters. The zero-order chi connectivity index (χ0) is 26.0. The van der Waals surface area contributed by atoms with Crippen molar-refractivity contribution in [3.05, 3.63) is 114 Å². The van der Waals surface area contributed by atoms with Crippen LogP contribution in [0, 0.1) is 0 Å². The van der Waals surface area contributed by atoms with Gasteiger partial charge in [-0.3, -0.25) is 14.4 Å². The summed E-state index contributed by atoms with van der Waals surface area (Å²) in [5.74, 6) is -0.318. The molecule has 0 aliphatic heterocycles. The van der Waals surface area contributed by atoms with Gasteiger partial charge < -0.3 is 26.0 Å². The first-order chi connectivity index (χ1) is 18.0. The molecule has 4 aromatic carbocycles. The summed E-state index contributed by atoms with van der Waals surface area (Å²) in [6.45, 7) is -0.0499. The monoisotopic (exact) mass is 494 g/mol. The highest BCUT2D eigenvalue weighted by Crippen LogP contribution is 2.24. The number of para-hydroxylation sites is 4. The Bertz CT molecular complexity index is 1390. The highest BCUT2D eigenvalue weighted by atomic mass is 16.5. The topological polar surface area (TPSA) is 109 Å². The Morgan fingerprint density at radius 2 is 1.24 bits per heavy atom. The van der Waals surface area contributed by atoms with E-state index in [0.717, 1.165) is 0 Å². The third-order valence-electron chi connectivity index (χ3n) is 5.43. The van der Waals surface area contributed by atoms with Crippen LogP contribution in [0.1, 0.15) is 20.7 Å². The van der Waals surface area contributed by atoms with E-state index in [4.69, 9.17) is 4.74 Å². The van der Waals surface area contributed by atoms with E-state index in [9.17, 15) is 14.4 Å². The first-order valence-corrected chi connectivity index (χ1v) is 11.6. The van der Waals surface area contributed by atoms with Gasteiger partial charge in [0.05, 0.1) is 24.9 Å². The molecule has 0 aliphatic rings. The van der Waals surface area contributed by atoms with Crippen molar-refractivity contribution >= 4 is 40.5 Å². The van der Waals surface area contributed by atoms with Crippen LogP contribution in [-0.2, 0) is 4.79 Å². The van der Waals surface area contributed by atoms with Gasteiger partial charge in [0.2, 0.25) is 5.91 Å². The van der Waals surface area contributed by atoms with E-state index in [0.29, 0.717) is 39.6 Å². The van der Waals surface area contributed by atoms with Crippen LogP contribution in [0.4, 0.5) is 22.7 Å². The van der Waals surface area contributed by atoms with Crippen LogP contribution >= 0.6 is 0 Å². The van der Waals surface area contributed by atoms with Crippen molar-refractivity contribution in [1.29, 1.82) is 0 Å². The van der Waals surface area contributed by atoms with Crippen molar-refractivity contribution in [2.24, 2.45) is 0 Å². The average molecular weight is 495 g/mol. The van der Waals surface area contributed by atoms with E-state index in [1.54, 1.807) is 78.9 Å². The van der Waals surface area contributed by atoms with Gasteiger partial charge in [0, 0.05) is 22.6 Å². The fourth-order valence-corrected chi connectivity index (χ4v) is 3.58. The number of ether oxygens (including phenoxy) is 1. The lowest BCUT2D eigenvalue weighted by atomic mass is 10.1. The number of hydrogen-bond donors (Lipinski definition) is 4. The third kappa shape index (κ3) is 6.73. The number of methoxy groups -OCH3 is 1. The fourth-order valence-electron chi connectivity index (χ4n) is 3.58. The van der Waals surface area contributed by atoms with E-state index in [1.807, 2.05) is 24.3 Å². The second-order valence-electron chi connectivity index (χ2n) is 8.00. The van der Waals surface area contributed by atoms with Crippen LogP contribution in [0.3, 0.4) is 0 Å². The SMILES string of the molecule is COc1ccccc1NC(=O)c1ccc(NC(=O)CNc2ccccc2C(=O)Nc2ccccc2)cc1. The van der Waals surface area contributed by atoms with Crippen molar-refractivity contribution in [1.82, 2.24) is 0 Å². The average Bonchev–Trinajstić information content (AvgIpc) is 2.93. The van der Waals surface area contributed by atoms with Crippen molar-refractivity contribution < 1.29 is 19.1 Å². The maximum Gasteiger partial charge on any atom is 0.257 e. The molecule has 0 heterocycles. The molecule has 0 bridgehead atoms. The number of benzene rings is 4. The second-order valence-corrected chi connectivity index (χ2v) is 8.00. The van der Waals surface area contributed by atoms with Crippen molar-refractivity contribution in [3.8, 4) is 5.75 Å². The number of rotatable bonds is 9. The number of amides is 3. The minimum atomic E-state index is -0.301. The lowest BCUT2D eigenvalue weighted by molar-refractivity contribution is -0.114. The predicted molar refractivity (Wildman–Crippen MR) is 145 cm³/mol. The van der Waals surface area contributed by atoms with Gasteiger partial charge in [0.15, 0.2) is 0 Å². The molecule has 4 aromatic rings. The summed E-state index contributed by atoms with van der Waals surface area (Å²) in [7, 11) is 1.54. The molecular formula is C29H26N4O4. The lowest BCUT2D eigenvalue weighted by Crippen LogP contribution is -2.23. The molecule has 186 valence electrons. The van der Waals surface area contributed by atoms with Crippen LogP contribution in [0.5, 0.6) is 5.75 Å². The van der Waals surface area contributed by atoms with Crippen molar-refractivity contribution in [2.75, 3.05) is 34.9 Å². The molecule has 4 rings (SSSR count). The smallest absolute Gasteiger partial charge is 0.257 e. The second kappa shape index (κ2) is 12.0. The minimum absolute atomic E-state index is 0.0499. The third-order valence-corrected chi connectivity index (χ3v) is 5.43. The fraction of sp³-hybridized carbons (Fsp3) is 0.0690. The number of hydrogen-bond acceptors (Lipinski definition) is 5. The molecule has 4 N–H and O–H groups in total. The Morgan fingerprint density at radius 1 is 0.622 bits per heavy atom. The standard InChI is InChI=1S/C29H26N4O4/c1-37-26-14-8-7-13-25(26)33-28(35)20-15-17-22(18-16-20)31-27(34)19-30-24-12-6-5-11-23(24)29(36)32-21-9-3-2-4-10-21/h2-18,30H,19H2,1H3,(H,31,34)(H,32,36)(H,33,35). The van der Waals surface area contributed by atoms with Gasteiger partial charge >= 0.3 is 0 Å². The van der Waals surface area contributed by atoms with Crippen molar-refractivity contribution in [3.63, 3.8) is 0 Å². The van der Waals surface area contributed by atoms with E-state index >= 15 is 0 Å². The first-order valence-electron chi connectivity index (χ1n) is 11.6. The molecule has 0 aliphatic carbocycles. The summed E-state index contributed by atoms with van der Waals surface area (Å²) in [4.78, 5) is 37.8. The molecule has 0 aromatic heterocycles. The molecule has 0 saturated carbocycles. The van der Waals surface area contributed by atoms with Gasteiger partial charge in [0.25, 0.3) is 11.8 Å². The molecule has 0 unspecified atom stereocenters. The zero-order valence-electron chi connectivity index (χ0n) is 20.2. The first kappa shape index (κ1) is 25.0. The molecule has 37 heavy (non-hydrogen) atoms. The lowest BCUT2D eigenvalue weighted by Gasteiger charge is -2.13. The Balaban J connectivity index is 1.32. The van der Waals surface area contributed by atoms with Crippen LogP contribution in [0.25, 0.3) is 0 Å². The van der Waals surface area contributed by atoms with E-state index in [1.165, 1.54) is 7.11 Å². The summed E-state index contributed by atoms with van der Waals surface area (Å²) < 4.78 is 5.26. The zero-order valence-corrected chi connectivity index (χ0v) is 20.2. The molecule has 8 nitrogen and oxygen atoms in total. The molecule has 0 spiro atoms. The maximum atomic E-state index is 12.7. The predicted octanol–water partition coefficient (Wildman–Crippen LogP) is 5.25. The van der Waals surface area contributed by atoms with Gasteiger partial charge in [-0.05, 0) is 60.7 Å². The Labute approximate surface area is 214 Å². The summed E-state index contributed by atoms with van der Waals surface area (Å²) in [5.41, 5.74) is 3.17. The number of carbonyl (C=O) groups is 3. The Morgan fingerprint density at radius 3 is 1.97 bits per heavy atom. The molecule has 0 fully saturated rings.